The predicted octanol–water partition coefficient (Wildman–Crippen LogP) is 3.47. The van der Waals surface area contributed by atoms with Crippen molar-refractivity contribution in [2.45, 2.75) is 45.2 Å². The average Bonchev–Trinajstić information content (AvgIpc) is 2.97. The Hall–Kier alpha value is -2.44. The van der Waals surface area contributed by atoms with Crippen molar-refractivity contribution in [3.8, 4) is 0 Å². The Kier molecular flexibility index (Phi) is 5.01. The highest BCUT2D eigenvalue weighted by atomic mass is 19.1. The van der Waals surface area contributed by atoms with Gasteiger partial charge in [-0.2, -0.15) is 5.10 Å². The third-order valence-corrected chi connectivity index (χ3v) is 4.60. The van der Waals surface area contributed by atoms with Gasteiger partial charge in [-0.1, -0.05) is 0 Å². The van der Waals surface area contributed by atoms with Crippen LogP contribution in [0.2, 0.25) is 0 Å². The van der Waals surface area contributed by atoms with E-state index in [1.165, 1.54) is 28.3 Å². The molecule has 0 aliphatic heterocycles. The smallest absolute Gasteiger partial charge is 0.317 e. The van der Waals surface area contributed by atoms with Crippen molar-refractivity contribution in [3.05, 3.63) is 52.3 Å². The number of fused-ring (bicyclic) bond motifs is 1. The highest BCUT2D eigenvalue weighted by molar-refractivity contribution is 5.74. The number of hydrogen-bond donors (Lipinski definition) is 2. The molecular formula is C18H22F2N4O. The standard InChI is InChI=1S/C18H22F2N4O/c1-11(12-7-13(19)9-14(20)8-12)21-18(25)24(2)10-17-15-5-3-4-6-16(15)22-23-17/h7-9,11H,3-6,10H2,1-2H3,(H,21,25)(H,22,23). The topological polar surface area (TPSA) is 61.0 Å². The molecule has 1 aliphatic carbocycles. The Bertz CT molecular complexity index is 754. The molecule has 0 saturated carbocycles. The number of aromatic nitrogens is 2. The van der Waals surface area contributed by atoms with E-state index in [0.717, 1.165) is 37.4 Å². The first kappa shape index (κ1) is 17.4. The number of amides is 2. The van der Waals surface area contributed by atoms with Gasteiger partial charge in [-0.05, 0) is 55.9 Å². The third-order valence-electron chi connectivity index (χ3n) is 4.60. The predicted molar refractivity (Wildman–Crippen MR) is 90.0 cm³/mol. The van der Waals surface area contributed by atoms with Gasteiger partial charge in [0.05, 0.1) is 18.3 Å². The highest BCUT2D eigenvalue weighted by Crippen LogP contribution is 2.23. The van der Waals surface area contributed by atoms with E-state index >= 15 is 0 Å². The summed E-state index contributed by atoms with van der Waals surface area (Å²) < 4.78 is 26.6. The number of nitrogens with zero attached hydrogens (tertiary/aromatic N) is 2. The molecule has 2 amide bonds. The third kappa shape index (κ3) is 3.97. The van der Waals surface area contributed by atoms with Crippen molar-refractivity contribution >= 4 is 6.03 Å². The first-order valence-corrected chi connectivity index (χ1v) is 8.46. The Morgan fingerprint density at radius 2 is 1.96 bits per heavy atom. The van der Waals surface area contributed by atoms with Crippen molar-refractivity contribution in [2.75, 3.05) is 7.05 Å². The van der Waals surface area contributed by atoms with Gasteiger partial charge in [-0.25, -0.2) is 13.6 Å². The summed E-state index contributed by atoms with van der Waals surface area (Å²) in [6, 6.07) is 2.43. The second-order valence-electron chi connectivity index (χ2n) is 6.56. The minimum absolute atomic E-state index is 0.315. The fourth-order valence-electron chi connectivity index (χ4n) is 3.18. The number of rotatable bonds is 4. The first-order valence-electron chi connectivity index (χ1n) is 8.46. The lowest BCUT2D eigenvalue weighted by Crippen LogP contribution is -2.38. The number of carbonyl (C=O) groups excluding carboxylic acids is 1. The van der Waals surface area contributed by atoms with Gasteiger partial charge in [0.25, 0.3) is 0 Å². The van der Waals surface area contributed by atoms with E-state index in [4.69, 9.17) is 0 Å². The Balaban J connectivity index is 1.63. The fraction of sp³-hybridized carbons (Fsp3) is 0.444. The maximum Gasteiger partial charge on any atom is 0.317 e. The maximum atomic E-state index is 13.3. The minimum atomic E-state index is -0.660. The van der Waals surface area contributed by atoms with Gasteiger partial charge in [0.2, 0.25) is 0 Å². The molecule has 2 aromatic rings. The molecular weight excluding hydrogens is 326 g/mol. The average molecular weight is 348 g/mol. The highest BCUT2D eigenvalue weighted by Gasteiger charge is 2.20. The number of halogens is 2. The number of hydrogen-bond acceptors (Lipinski definition) is 2. The fourth-order valence-corrected chi connectivity index (χ4v) is 3.18. The zero-order valence-corrected chi connectivity index (χ0v) is 14.4. The SMILES string of the molecule is CC(NC(=O)N(C)Cc1n[nH]c2c1CCCC2)c1cc(F)cc(F)c1. The van der Waals surface area contributed by atoms with Gasteiger partial charge in [-0.15, -0.1) is 0 Å². The summed E-state index contributed by atoms with van der Waals surface area (Å²) in [5.41, 5.74) is 3.65. The molecule has 7 heteroatoms. The second kappa shape index (κ2) is 7.21. The molecule has 1 atom stereocenters. The van der Waals surface area contributed by atoms with Crippen LogP contribution in [0, 0.1) is 11.6 Å². The van der Waals surface area contributed by atoms with Crippen LogP contribution in [0.1, 0.15) is 48.3 Å². The van der Waals surface area contributed by atoms with Gasteiger partial charge in [0.1, 0.15) is 11.6 Å². The molecule has 134 valence electrons. The van der Waals surface area contributed by atoms with Crippen molar-refractivity contribution in [2.24, 2.45) is 0 Å². The summed E-state index contributed by atoms with van der Waals surface area (Å²) in [6.07, 6.45) is 4.28. The summed E-state index contributed by atoms with van der Waals surface area (Å²) in [4.78, 5) is 13.9. The van der Waals surface area contributed by atoms with Crippen LogP contribution in [0.5, 0.6) is 0 Å². The van der Waals surface area contributed by atoms with Crippen LogP contribution >= 0.6 is 0 Å². The van der Waals surface area contributed by atoms with Gasteiger partial charge < -0.3 is 10.2 Å². The second-order valence-corrected chi connectivity index (χ2v) is 6.56. The number of H-pyrrole nitrogens is 1. The van der Waals surface area contributed by atoms with Crippen LogP contribution in [0.25, 0.3) is 0 Å². The quantitative estimate of drug-likeness (QED) is 0.889. The number of carbonyl (C=O) groups is 1. The van der Waals surface area contributed by atoms with E-state index in [-0.39, 0.29) is 6.03 Å². The minimum Gasteiger partial charge on any atom is -0.331 e. The van der Waals surface area contributed by atoms with Crippen LogP contribution < -0.4 is 5.32 Å². The lowest BCUT2D eigenvalue weighted by atomic mass is 9.96. The molecule has 1 aliphatic rings. The van der Waals surface area contributed by atoms with Crippen LogP contribution in [0.15, 0.2) is 18.2 Å². The van der Waals surface area contributed by atoms with Crippen LogP contribution in [0.3, 0.4) is 0 Å². The largest absolute Gasteiger partial charge is 0.331 e. The van der Waals surface area contributed by atoms with E-state index in [1.807, 2.05) is 0 Å². The number of nitrogens with one attached hydrogen (secondary N) is 2. The van der Waals surface area contributed by atoms with Crippen molar-refractivity contribution in [3.63, 3.8) is 0 Å². The summed E-state index contributed by atoms with van der Waals surface area (Å²) in [6.45, 7) is 2.08. The number of aromatic amines is 1. The summed E-state index contributed by atoms with van der Waals surface area (Å²) in [5.74, 6) is -1.32. The van der Waals surface area contributed by atoms with Crippen LogP contribution in [-0.4, -0.2) is 28.2 Å². The molecule has 2 N–H and O–H groups in total. The summed E-state index contributed by atoms with van der Waals surface area (Å²) >= 11 is 0. The van der Waals surface area contributed by atoms with Crippen LogP contribution in [0.4, 0.5) is 13.6 Å². The molecule has 0 bridgehead atoms. The molecule has 0 saturated heterocycles. The monoisotopic (exact) mass is 348 g/mol. The van der Waals surface area contributed by atoms with E-state index in [9.17, 15) is 13.6 Å². The van der Waals surface area contributed by atoms with Gasteiger partial charge in [0.15, 0.2) is 0 Å². The lowest BCUT2D eigenvalue weighted by molar-refractivity contribution is 0.203. The lowest BCUT2D eigenvalue weighted by Gasteiger charge is -2.22. The van der Waals surface area contributed by atoms with Crippen molar-refractivity contribution in [1.82, 2.24) is 20.4 Å². The van der Waals surface area contributed by atoms with Crippen molar-refractivity contribution in [1.29, 1.82) is 0 Å². The Morgan fingerprint density at radius 3 is 2.68 bits per heavy atom. The zero-order valence-electron chi connectivity index (χ0n) is 14.4. The molecule has 0 radical (unpaired) electrons. The zero-order chi connectivity index (χ0) is 18.0. The Morgan fingerprint density at radius 1 is 1.28 bits per heavy atom. The number of benzene rings is 1. The van der Waals surface area contributed by atoms with Gasteiger partial charge in [0, 0.05) is 18.8 Å². The van der Waals surface area contributed by atoms with E-state index < -0.39 is 17.7 Å². The molecule has 0 fully saturated rings. The number of urea groups is 1. The summed E-state index contributed by atoms with van der Waals surface area (Å²) in [7, 11) is 1.68. The molecule has 1 aromatic carbocycles. The normalized spacial score (nSPS) is 14.7. The van der Waals surface area contributed by atoms with E-state index in [1.54, 1.807) is 14.0 Å². The number of aryl methyl sites for hydroxylation is 1. The van der Waals surface area contributed by atoms with Crippen molar-refractivity contribution < 1.29 is 13.6 Å². The molecule has 1 unspecified atom stereocenters. The summed E-state index contributed by atoms with van der Waals surface area (Å²) in [5, 5.41) is 10.2. The van der Waals surface area contributed by atoms with Gasteiger partial charge in [-0.3, -0.25) is 5.10 Å². The maximum absolute atomic E-state index is 13.3. The molecule has 3 rings (SSSR count). The molecule has 1 aromatic heterocycles. The molecule has 0 spiro atoms. The van der Waals surface area contributed by atoms with E-state index in [0.29, 0.717) is 12.1 Å². The molecule has 5 nitrogen and oxygen atoms in total. The molecule has 1 heterocycles. The molecule has 25 heavy (non-hydrogen) atoms. The Labute approximate surface area is 145 Å². The van der Waals surface area contributed by atoms with Gasteiger partial charge >= 0.3 is 6.03 Å². The van der Waals surface area contributed by atoms with Crippen LogP contribution in [-0.2, 0) is 19.4 Å². The van der Waals surface area contributed by atoms with E-state index in [2.05, 4.69) is 15.5 Å². The first-order chi connectivity index (χ1) is 11.9.